The Bertz CT molecular complexity index is 1480. The van der Waals surface area contributed by atoms with Crippen LogP contribution < -0.4 is 4.90 Å². The highest BCUT2D eigenvalue weighted by Crippen LogP contribution is 2.19. The Kier molecular flexibility index (Phi) is 8.25. The van der Waals surface area contributed by atoms with E-state index in [4.69, 9.17) is 16.3 Å². The second-order valence-electron chi connectivity index (χ2n) is 9.44. The van der Waals surface area contributed by atoms with Crippen LogP contribution in [0.15, 0.2) is 91.1 Å². The van der Waals surface area contributed by atoms with E-state index < -0.39 is 0 Å². The summed E-state index contributed by atoms with van der Waals surface area (Å²) < 4.78 is 5.40. The predicted molar refractivity (Wildman–Crippen MR) is 151 cm³/mol. The van der Waals surface area contributed by atoms with E-state index in [2.05, 4.69) is 9.88 Å². The fourth-order valence-electron chi connectivity index (χ4n) is 4.55. The Balaban J connectivity index is 1.17. The number of halogens is 1. The van der Waals surface area contributed by atoms with Crippen LogP contribution in [0.3, 0.4) is 0 Å². The molecule has 1 aromatic heterocycles. The average Bonchev–Trinajstić information content (AvgIpc) is 2.98. The van der Waals surface area contributed by atoms with Gasteiger partial charge in [0.15, 0.2) is 17.3 Å². The number of carbonyl (C=O) groups excluding carboxylic acids is 3. The molecule has 0 unspecified atom stereocenters. The number of hydrogen-bond acceptors (Lipinski definition) is 6. The summed E-state index contributed by atoms with van der Waals surface area (Å²) in [6.07, 6.45) is 1.96. The molecule has 0 atom stereocenters. The summed E-state index contributed by atoms with van der Waals surface area (Å²) in [7, 11) is 0. The highest BCUT2D eigenvalue weighted by Gasteiger charge is 2.14. The Morgan fingerprint density at radius 3 is 1.74 bits per heavy atom. The molecule has 0 radical (unpaired) electrons. The highest BCUT2D eigenvalue weighted by atomic mass is 35.5. The van der Waals surface area contributed by atoms with Gasteiger partial charge in [-0.15, -0.1) is 0 Å². The summed E-state index contributed by atoms with van der Waals surface area (Å²) in [5, 5.41) is 0.273. The van der Waals surface area contributed by atoms with Crippen molar-refractivity contribution in [1.82, 2.24) is 4.98 Å². The van der Waals surface area contributed by atoms with Gasteiger partial charge in [-0.25, -0.2) is 4.98 Å². The average molecular weight is 539 g/mol. The number of ketones is 3. The molecule has 4 aromatic rings. The van der Waals surface area contributed by atoms with Gasteiger partial charge in [-0.05, 0) is 47.5 Å². The Morgan fingerprint density at radius 1 is 0.692 bits per heavy atom. The number of aromatic nitrogens is 1. The third-order valence-corrected chi connectivity index (χ3v) is 6.98. The molecule has 2 heterocycles. The van der Waals surface area contributed by atoms with E-state index in [0.29, 0.717) is 35.5 Å². The lowest BCUT2D eigenvalue weighted by Crippen LogP contribution is -2.36. The SMILES string of the molecule is O=C(Cc1ccc(C(=O)c2ccc(CC(=O)c3ccnc(Cl)c3)cc2)cc1)c1ccc(N2CCOCC2)cc1. The Morgan fingerprint density at radius 2 is 1.21 bits per heavy atom. The van der Waals surface area contributed by atoms with Gasteiger partial charge in [0, 0.05) is 60.1 Å². The first-order valence-corrected chi connectivity index (χ1v) is 13.2. The number of carbonyl (C=O) groups is 3. The predicted octanol–water partition coefficient (Wildman–Crippen LogP) is 5.65. The second kappa shape index (κ2) is 12.2. The third-order valence-electron chi connectivity index (χ3n) is 6.78. The van der Waals surface area contributed by atoms with E-state index in [-0.39, 0.29) is 35.3 Å². The molecule has 0 aliphatic carbocycles. The van der Waals surface area contributed by atoms with Crippen LogP contribution in [0.25, 0.3) is 0 Å². The molecule has 0 saturated carbocycles. The van der Waals surface area contributed by atoms with Crippen LogP contribution in [0.4, 0.5) is 5.69 Å². The van der Waals surface area contributed by atoms with Crippen molar-refractivity contribution in [3.63, 3.8) is 0 Å². The summed E-state index contributed by atoms with van der Waals surface area (Å²) in [5.74, 6) is -0.163. The van der Waals surface area contributed by atoms with E-state index in [1.165, 1.54) is 6.20 Å². The maximum absolute atomic E-state index is 13.0. The maximum atomic E-state index is 13.0. The number of morpholine rings is 1. The Labute approximate surface area is 232 Å². The molecule has 1 aliphatic rings. The van der Waals surface area contributed by atoms with Crippen LogP contribution in [-0.4, -0.2) is 48.6 Å². The molecule has 196 valence electrons. The van der Waals surface area contributed by atoms with E-state index in [1.54, 1.807) is 48.5 Å². The lowest BCUT2D eigenvalue weighted by Gasteiger charge is -2.28. The van der Waals surface area contributed by atoms with Gasteiger partial charge < -0.3 is 9.64 Å². The fourth-order valence-corrected chi connectivity index (χ4v) is 4.72. The Hall–Kier alpha value is -4.13. The third kappa shape index (κ3) is 6.66. The lowest BCUT2D eigenvalue weighted by atomic mass is 9.97. The van der Waals surface area contributed by atoms with Crippen molar-refractivity contribution in [1.29, 1.82) is 0 Å². The molecule has 1 aliphatic heterocycles. The summed E-state index contributed by atoms with van der Waals surface area (Å²) in [4.78, 5) is 44.5. The summed E-state index contributed by atoms with van der Waals surface area (Å²) >= 11 is 5.88. The zero-order chi connectivity index (χ0) is 27.2. The zero-order valence-electron chi connectivity index (χ0n) is 21.3. The smallest absolute Gasteiger partial charge is 0.193 e. The fraction of sp³-hybridized carbons (Fsp3) is 0.188. The van der Waals surface area contributed by atoms with Crippen LogP contribution in [-0.2, 0) is 17.6 Å². The lowest BCUT2D eigenvalue weighted by molar-refractivity contribution is 0.0984. The number of nitrogens with zero attached hydrogens (tertiary/aromatic N) is 2. The minimum absolute atomic E-state index is 0.0294. The van der Waals surface area contributed by atoms with E-state index in [9.17, 15) is 14.4 Å². The van der Waals surface area contributed by atoms with Crippen LogP contribution in [0.2, 0.25) is 5.15 Å². The van der Waals surface area contributed by atoms with Gasteiger partial charge in [0.25, 0.3) is 0 Å². The minimum Gasteiger partial charge on any atom is -0.378 e. The highest BCUT2D eigenvalue weighted by molar-refractivity contribution is 6.29. The van der Waals surface area contributed by atoms with Crippen LogP contribution >= 0.6 is 11.6 Å². The van der Waals surface area contributed by atoms with Crippen molar-refractivity contribution < 1.29 is 19.1 Å². The van der Waals surface area contributed by atoms with Crippen LogP contribution in [0.5, 0.6) is 0 Å². The number of ether oxygens (including phenoxy) is 1. The molecule has 0 amide bonds. The standard InChI is InChI=1S/C32H27ClN2O4/c33-31-21-27(13-14-34-31)30(37)20-23-3-7-26(8-4-23)32(38)25-5-1-22(2-6-25)19-29(36)24-9-11-28(12-10-24)35-15-17-39-18-16-35/h1-14,21H,15-20H2. The largest absolute Gasteiger partial charge is 0.378 e. The topological polar surface area (TPSA) is 76.6 Å². The molecule has 0 N–H and O–H groups in total. The quantitative estimate of drug-likeness (QED) is 0.202. The van der Waals surface area contributed by atoms with Crippen molar-refractivity contribution in [3.8, 4) is 0 Å². The summed E-state index contributed by atoms with van der Waals surface area (Å²) in [6, 6.07) is 25.0. The number of anilines is 1. The van der Waals surface area contributed by atoms with E-state index in [1.807, 2.05) is 36.4 Å². The van der Waals surface area contributed by atoms with Crippen molar-refractivity contribution in [2.75, 3.05) is 31.2 Å². The van der Waals surface area contributed by atoms with Gasteiger partial charge in [0.2, 0.25) is 0 Å². The van der Waals surface area contributed by atoms with Gasteiger partial charge in [0.05, 0.1) is 13.2 Å². The van der Waals surface area contributed by atoms with Crippen LogP contribution in [0.1, 0.15) is 47.8 Å². The summed E-state index contributed by atoms with van der Waals surface area (Å²) in [6.45, 7) is 3.14. The van der Waals surface area contributed by atoms with Crippen molar-refractivity contribution in [2.45, 2.75) is 12.8 Å². The van der Waals surface area contributed by atoms with Gasteiger partial charge >= 0.3 is 0 Å². The maximum Gasteiger partial charge on any atom is 0.193 e. The molecule has 7 heteroatoms. The molecule has 5 rings (SSSR count). The van der Waals surface area contributed by atoms with Gasteiger partial charge in [-0.1, -0.05) is 60.1 Å². The number of rotatable bonds is 9. The first kappa shape index (κ1) is 26.5. The van der Waals surface area contributed by atoms with Gasteiger partial charge in [-0.3, -0.25) is 14.4 Å². The molecular formula is C32H27ClN2O4. The molecule has 1 saturated heterocycles. The van der Waals surface area contributed by atoms with Gasteiger partial charge in [-0.2, -0.15) is 0 Å². The second-order valence-corrected chi connectivity index (χ2v) is 9.82. The molecule has 0 spiro atoms. The monoisotopic (exact) mass is 538 g/mol. The number of Topliss-reactive ketones (excluding diaryl/α,β-unsaturated/α-hetero) is 2. The first-order chi connectivity index (χ1) is 19.0. The minimum atomic E-state index is -0.120. The molecule has 39 heavy (non-hydrogen) atoms. The van der Waals surface area contributed by atoms with Crippen molar-refractivity contribution >= 4 is 34.6 Å². The molecule has 0 bridgehead atoms. The number of benzene rings is 3. The number of pyridine rings is 1. The van der Waals surface area contributed by atoms with Crippen molar-refractivity contribution in [2.24, 2.45) is 0 Å². The molecule has 1 fully saturated rings. The van der Waals surface area contributed by atoms with E-state index in [0.717, 1.165) is 29.9 Å². The molecule has 3 aromatic carbocycles. The van der Waals surface area contributed by atoms with Crippen molar-refractivity contribution in [3.05, 3.63) is 130 Å². The first-order valence-electron chi connectivity index (χ1n) is 12.8. The van der Waals surface area contributed by atoms with E-state index >= 15 is 0 Å². The summed E-state index contributed by atoms with van der Waals surface area (Å²) in [5.41, 5.74) is 4.97. The molecular weight excluding hydrogens is 512 g/mol. The van der Waals surface area contributed by atoms with Crippen LogP contribution in [0, 0.1) is 0 Å². The zero-order valence-corrected chi connectivity index (χ0v) is 22.1. The number of hydrogen-bond donors (Lipinski definition) is 0. The molecule has 6 nitrogen and oxygen atoms in total. The normalized spacial score (nSPS) is 13.2. The van der Waals surface area contributed by atoms with Gasteiger partial charge in [0.1, 0.15) is 5.15 Å².